The van der Waals surface area contributed by atoms with Crippen LogP contribution in [0.3, 0.4) is 0 Å². The summed E-state index contributed by atoms with van der Waals surface area (Å²) < 4.78 is 12.8. The number of hydrogen-bond acceptors (Lipinski definition) is 5. The lowest BCUT2D eigenvalue weighted by molar-refractivity contribution is -0.245. The third-order valence-electron chi connectivity index (χ3n) is 11.0. The number of carboxylic acid groups (broad SMARTS) is 1. The van der Waals surface area contributed by atoms with E-state index in [-0.39, 0.29) is 36.5 Å². The van der Waals surface area contributed by atoms with E-state index in [2.05, 4.69) is 45.2 Å². The number of allylic oxidation sites excluding steroid dienone is 1. The molecule has 36 heavy (non-hydrogen) atoms. The topological polar surface area (TPSA) is 76.1 Å². The van der Waals surface area contributed by atoms with Crippen LogP contribution in [0.1, 0.15) is 60.3 Å². The fraction of sp³-hybridized carbons (Fsp3) is 0.793. The van der Waals surface area contributed by atoms with Crippen LogP contribution in [-0.4, -0.2) is 60.4 Å². The van der Waals surface area contributed by atoms with Crippen LogP contribution in [0.15, 0.2) is 23.3 Å². The molecular formula is C29H42ClNO5. The molecule has 4 fully saturated rings. The Balaban J connectivity index is 1.53. The summed E-state index contributed by atoms with van der Waals surface area (Å²) in [6.45, 7) is 15.8. The lowest BCUT2D eigenvalue weighted by atomic mass is 9.43. The van der Waals surface area contributed by atoms with E-state index in [1.165, 1.54) is 0 Å². The Morgan fingerprint density at radius 2 is 2.06 bits per heavy atom. The van der Waals surface area contributed by atoms with E-state index < -0.39 is 28.5 Å². The van der Waals surface area contributed by atoms with Gasteiger partial charge >= 0.3 is 5.97 Å². The summed E-state index contributed by atoms with van der Waals surface area (Å²) in [5, 5.41) is 11.7. The first-order chi connectivity index (χ1) is 16.9. The van der Waals surface area contributed by atoms with Crippen LogP contribution in [0.2, 0.25) is 0 Å². The molecule has 0 aromatic rings. The van der Waals surface area contributed by atoms with Gasteiger partial charge in [-0.1, -0.05) is 57.0 Å². The minimum Gasteiger partial charge on any atom is -0.481 e. The van der Waals surface area contributed by atoms with Gasteiger partial charge in [0, 0.05) is 23.0 Å². The molecule has 0 unspecified atom stereocenters. The molecule has 0 spiro atoms. The minimum atomic E-state index is -1.22. The van der Waals surface area contributed by atoms with Crippen molar-refractivity contribution < 1.29 is 24.2 Å². The second kappa shape index (κ2) is 8.93. The van der Waals surface area contributed by atoms with Crippen molar-refractivity contribution in [3.8, 4) is 0 Å². The Kier molecular flexibility index (Phi) is 6.55. The number of aliphatic carboxylic acids is 1. The van der Waals surface area contributed by atoms with Gasteiger partial charge in [0.15, 0.2) is 6.29 Å². The van der Waals surface area contributed by atoms with Crippen LogP contribution in [0, 0.1) is 45.8 Å². The second-order valence-electron chi connectivity index (χ2n) is 12.8. The smallest absolute Gasteiger partial charge is 0.315 e. The van der Waals surface area contributed by atoms with Crippen molar-refractivity contribution >= 4 is 23.9 Å². The number of fused-ring (bicyclic) bond motifs is 2. The normalized spacial score (nSPS) is 47.6. The summed E-state index contributed by atoms with van der Waals surface area (Å²) in [5.74, 6) is 0.182. The summed E-state index contributed by atoms with van der Waals surface area (Å²) in [6, 6.07) is 0.165. The molecular weight excluding hydrogens is 478 g/mol. The van der Waals surface area contributed by atoms with Gasteiger partial charge in [0.2, 0.25) is 0 Å². The quantitative estimate of drug-likeness (QED) is 0.354. The van der Waals surface area contributed by atoms with E-state index in [0.29, 0.717) is 36.4 Å². The van der Waals surface area contributed by atoms with E-state index in [0.717, 1.165) is 31.1 Å². The molecule has 7 heteroatoms. The van der Waals surface area contributed by atoms with Crippen LogP contribution in [0.5, 0.6) is 0 Å². The first-order valence-electron chi connectivity index (χ1n) is 13.7. The predicted molar refractivity (Wildman–Crippen MR) is 138 cm³/mol. The Bertz CT molecular complexity index is 981. The fourth-order valence-electron chi connectivity index (χ4n) is 9.45. The van der Waals surface area contributed by atoms with Gasteiger partial charge in [-0.3, -0.25) is 9.69 Å². The van der Waals surface area contributed by atoms with E-state index in [1.807, 2.05) is 6.92 Å². The van der Waals surface area contributed by atoms with Crippen LogP contribution < -0.4 is 0 Å². The molecule has 200 valence electrons. The summed E-state index contributed by atoms with van der Waals surface area (Å²) in [5.41, 5.74) is -1.79. The first kappa shape index (κ1) is 26.4. The number of carbonyl (C=O) groups excluding carboxylic acids is 1. The molecule has 4 aliphatic carbocycles. The Hall–Kier alpha value is -1.21. The molecule has 0 aromatic heterocycles. The van der Waals surface area contributed by atoms with E-state index in [1.54, 1.807) is 0 Å². The minimum absolute atomic E-state index is 0.0210. The highest BCUT2D eigenvalue weighted by Gasteiger charge is 2.84. The van der Waals surface area contributed by atoms with Gasteiger partial charge in [-0.05, 0) is 62.7 Å². The van der Waals surface area contributed by atoms with Crippen molar-refractivity contribution in [2.24, 2.45) is 45.8 Å². The first-order valence-corrected chi connectivity index (χ1v) is 14.1. The largest absolute Gasteiger partial charge is 0.481 e. The molecule has 0 aromatic carbocycles. The summed E-state index contributed by atoms with van der Waals surface area (Å²) >= 11 is 6.14. The average molecular weight is 520 g/mol. The highest BCUT2D eigenvalue weighted by molar-refractivity contribution is 6.29. The van der Waals surface area contributed by atoms with Crippen molar-refractivity contribution in [1.82, 2.24) is 4.90 Å². The number of halogens is 1. The average Bonchev–Trinajstić information content (AvgIpc) is 3.38. The molecule has 1 heterocycles. The van der Waals surface area contributed by atoms with Crippen molar-refractivity contribution in [3.63, 3.8) is 0 Å². The maximum atomic E-state index is 13.5. The van der Waals surface area contributed by atoms with E-state index in [4.69, 9.17) is 21.1 Å². The van der Waals surface area contributed by atoms with Crippen molar-refractivity contribution in [1.29, 1.82) is 0 Å². The number of rotatable bonds is 8. The molecule has 1 saturated heterocycles. The summed E-state index contributed by atoms with van der Waals surface area (Å²) in [4.78, 5) is 28.9. The van der Waals surface area contributed by atoms with Gasteiger partial charge in [0.1, 0.15) is 11.7 Å². The van der Waals surface area contributed by atoms with Gasteiger partial charge in [0.25, 0.3) is 0 Å². The third-order valence-corrected chi connectivity index (χ3v) is 11.1. The van der Waals surface area contributed by atoms with Crippen molar-refractivity contribution in [2.45, 2.75) is 78.7 Å². The van der Waals surface area contributed by atoms with Crippen molar-refractivity contribution in [2.75, 3.05) is 19.7 Å². The van der Waals surface area contributed by atoms with Gasteiger partial charge < -0.3 is 19.4 Å². The Labute approximate surface area is 220 Å². The molecule has 3 saturated carbocycles. The summed E-state index contributed by atoms with van der Waals surface area (Å²) in [6.07, 6.45) is 6.14. The number of ether oxygens (including phenoxy) is 2. The molecule has 1 N–H and O–H groups in total. The van der Waals surface area contributed by atoms with Gasteiger partial charge in [-0.15, -0.1) is 0 Å². The number of nitrogens with zero attached hydrogens (tertiary/aromatic N) is 1. The lowest BCUT2D eigenvalue weighted by Crippen LogP contribution is -2.64. The molecule has 0 amide bonds. The fourth-order valence-corrected chi connectivity index (χ4v) is 9.60. The van der Waals surface area contributed by atoms with Crippen LogP contribution in [0.4, 0.5) is 0 Å². The zero-order valence-electron chi connectivity index (χ0n) is 22.3. The number of aldehydes is 1. The number of carboxylic acids is 1. The van der Waals surface area contributed by atoms with Crippen LogP contribution >= 0.6 is 11.6 Å². The van der Waals surface area contributed by atoms with E-state index >= 15 is 0 Å². The zero-order chi connectivity index (χ0) is 26.2. The molecule has 0 radical (unpaired) electrons. The van der Waals surface area contributed by atoms with E-state index in [9.17, 15) is 14.7 Å². The molecule has 10 atom stereocenters. The van der Waals surface area contributed by atoms with Gasteiger partial charge in [-0.2, -0.15) is 0 Å². The second-order valence-corrected chi connectivity index (χ2v) is 13.3. The predicted octanol–water partition coefficient (Wildman–Crippen LogP) is 5.12. The molecule has 5 aliphatic rings. The maximum absolute atomic E-state index is 13.5. The maximum Gasteiger partial charge on any atom is 0.315 e. The SMILES string of the molecule is C=C(Cl)CN1C[C@H](OC[C@@]23C[C@@H]4[C@H](C)CC[C@H]4[C@@]4(C=O)C[C@@H]2C=C(C(C)C)[C@@]34C(=O)O)O[C@H](C)[C@H]1C. The Morgan fingerprint density at radius 1 is 1.33 bits per heavy atom. The van der Waals surface area contributed by atoms with Gasteiger partial charge in [-0.25, -0.2) is 0 Å². The molecule has 6 nitrogen and oxygen atoms in total. The highest BCUT2D eigenvalue weighted by atomic mass is 35.5. The zero-order valence-corrected chi connectivity index (χ0v) is 23.1. The summed E-state index contributed by atoms with van der Waals surface area (Å²) in [7, 11) is 0. The Morgan fingerprint density at radius 3 is 2.67 bits per heavy atom. The number of hydrogen-bond donors (Lipinski definition) is 1. The highest BCUT2D eigenvalue weighted by Crippen LogP contribution is 2.82. The third kappa shape index (κ3) is 3.26. The standard InChI is InChI=1S/C29H42ClNO5/c1-16(2)24-9-21-10-27(14-32)23-8-7-17(3)22(23)11-28(21,29(24,27)26(33)34)15-35-25-13-31(12-18(4)30)19(5)20(6)36-25/h9,14,16-17,19-23,25H,4,7-8,10-13,15H2,1-3,5-6H3,(H,33,34)/t17-,19-,20-,21+,22-,23-,25-,27+,28+,29+/m1/s1. The van der Waals surface area contributed by atoms with Gasteiger partial charge in [0.05, 0.1) is 24.7 Å². The number of carbonyl (C=O) groups is 2. The number of morpholine rings is 1. The van der Waals surface area contributed by atoms with Crippen LogP contribution in [-0.2, 0) is 19.1 Å². The molecule has 4 bridgehead atoms. The molecule has 1 aliphatic heterocycles. The lowest BCUT2D eigenvalue weighted by Gasteiger charge is -2.58. The molecule has 5 rings (SSSR count). The van der Waals surface area contributed by atoms with Crippen molar-refractivity contribution in [3.05, 3.63) is 23.3 Å². The van der Waals surface area contributed by atoms with Crippen LogP contribution in [0.25, 0.3) is 0 Å². The monoisotopic (exact) mass is 519 g/mol.